The van der Waals surface area contributed by atoms with E-state index < -0.39 is 18.0 Å². The van der Waals surface area contributed by atoms with Gasteiger partial charge in [-0.15, -0.1) is 0 Å². The first-order chi connectivity index (χ1) is 11.3. The lowest BCUT2D eigenvalue weighted by Crippen LogP contribution is -2.30. The van der Waals surface area contributed by atoms with Gasteiger partial charge in [-0.3, -0.25) is 9.59 Å². The first-order valence-electron chi connectivity index (χ1n) is 7.48. The first kappa shape index (κ1) is 17.5. The molecule has 24 heavy (non-hydrogen) atoms. The lowest BCUT2D eigenvalue weighted by atomic mass is 10.1. The van der Waals surface area contributed by atoms with Crippen LogP contribution in [-0.2, 0) is 9.53 Å². The van der Waals surface area contributed by atoms with Gasteiger partial charge < -0.3 is 14.5 Å². The molecule has 1 heterocycles. The van der Waals surface area contributed by atoms with Gasteiger partial charge in [-0.25, -0.2) is 4.79 Å². The molecule has 2 rings (SSSR count). The highest BCUT2D eigenvalue weighted by atomic mass is 16.5. The number of ether oxygens (including phenoxy) is 1. The third-order valence-corrected chi connectivity index (χ3v) is 3.48. The number of hydrogen-bond acceptors (Lipinski definition) is 5. The zero-order valence-electron chi connectivity index (χ0n) is 14.0. The molecule has 1 aromatic carbocycles. The highest BCUT2D eigenvalue weighted by Gasteiger charge is 2.22. The highest BCUT2D eigenvalue weighted by Crippen LogP contribution is 2.18. The lowest BCUT2D eigenvalue weighted by molar-refractivity contribution is -0.123. The fraction of sp³-hybridized carbons (Fsp3) is 0.278. The van der Waals surface area contributed by atoms with Gasteiger partial charge in [0, 0.05) is 5.56 Å². The van der Waals surface area contributed by atoms with E-state index in [9.17, 15) is 14.4 Å². The predicted molar refractivity (Wildman–Crippen MR) is 88.1 cm³/mol. The Kier molecular flexibility index (Phi) is 5.18. The Morgan fingerprint density at radius 2 is 1.79 bits per heavy atom. The second-order valence-corrected chi connectivity index (χ2v) is 5.47. The maximum atomic E-state index is 12.2. The van der Waals surface area contributed by atoms with Gasteiger partial charge in [0.2, 0.25) is 0 Å². The van der Waals surface area contributed by atoms with Crippen LogP contribution in [0.4, 0.5) is 5.69 Å². The van der Waals surface area contributed by atoms with E-state index in [0.29, 0.717) is 22.8 Å². The number of Topliss-reactive ketones (excluding diaryl/α,β-unsaturated/α-hetero) is 1. The van der Waals surface area contributed by atoms with E-state index in [2.05, 4.69) is 5.32 Å². The molecule has 0 fully saturated rings. The molecule has 6 heteroatoms. The number of carbonyl (C=O) groups is 3. The molecular weight excluding hydrogens is 310 g/mol. The van der Waals surface area contributed by atoms with E-state index in [4.69, 9.17) is 9.15 Å². The number of anilines is 1. The van der Waals surface area contributed by atoms with Crippen molar-refractivity contribution < 1.29 is 23.5 Å². The normalized spacial score (nSPS) is 11.7. The topological polar surface area (TPSA) is 85.6 Å². The average Bonchev–Trinajstić information content (AvgIpc) is 2.86. The van der Waals surface area contributed by atoms with Crippen molar-refractivity contribution in [3.05, 3.63) is 53.0 Å². The second kappa shape index (κ2) is 7.12. The second-order valence-electron chi connectivity index (χ2n) is 5.47. The zero-order chi connectivity index (χ0) is 17.9. The van der Waals surface area contributed by atoms with Crippen LogP contribution in [0.3, 0.4) is 0 Å². The van der Waals surface area contributed by atoms with Crippen molar-refractivity contribution in [3.8, 4) is 0 Å². The summed E-state index contributed by atoms with van der Waals surface area (Å²) in [7, 11) is 0. The summed E-state index contributed by atoms with van der Waals surface area (Å²) < 4.78 is 10.4. The minimum absolute atomic E-state index is 0.167. The van der Waals surface area contributed by atoms with E-state index in [-0.39, 0.29) is 11.3 Å². The fourth-order valence-corrected chi connectivity index (χ4v) is 2.24. The Labute approximate surface area is 139 Å². The number of carbonyl (C=O) groups excluding carboxylic acids is 3. The van der Waals surface area contributed by atoms with Gasteiger partial charge in [-0.05, 0) is 45.9 Å². The van der Waals surface area contributed by atoms with Crippen LogP contribution in [0.5, 0.6) is 0 Å². The standard InChI is InChI=1S/C18H19NO5/c1-10-9-15(12(3)23-10)18(22)24-13(4)17(21)19-16-8-6-5-7-14(16)11(2)20/h5-9,13H,1-4H3,(H,19,21)/t13-/m0/s1. The number of amides is 1. The van der Waals surface area contributed by atoms with Crippen molar-refractivity contribution in [1.82, 2.24) is 0 Å². The summed E-state index contributed by atoms with van der Waals surface area (Å²) >= 11 is 0. The molecule has 1 atom stereocenters. The molecule has 0 saturated heterocycles. The van der Waals surface area contributed by atoms with Gasteiger partial charge >= 0.3 is 5.97 Å². The van der Waals surface area contributed by atoms with Crippen LogP contribution >= 0.6 is 0 Å². The fourth-order valence-electron chi connectivity index (χ4n) is 2.24. The Morgan fingerprint density at radius 1 is 1.12 bits per heavy atom. The predicted octanol–water partition coefficient (Wildman–Crippen LogP) is 3.28. The van der Waals surface area contributed by atoms with Crippen molar-refractivity contribution in [2.24, 2.45) is 0 Å². The summed E-state index contributed by atoms with van der Waals surface area (Å²) in [6.07, 6.45) is -1.02. The summed E-state index contributed by atoms with van der Waals surface area (Å²) in [6.45, 7) is 6.25. The smallest absolute Gasteiger partial charge is 0.342 e. The molecule has 0 unspecified atom stereocenters. The third kappa shape index (κ3) is 3.90. The van der Waals surface area contributed by atoms with Crippen molar-refractivity contribution in [1.29, 1.82) is 0 Å². The SMILES string of the molecule is CC(=O)c1ccccc1NC(=O)[C@H](C)OC(=O)c1cc(C)oc1C. The van der Waals surface area contributed by atoms with Crippen molar-refractivity contribution >= 4 is 23.3 Å². The molecule has 0 radical (unpaired) electrons. The number of aryl methyl sites for hydroxylation is 2. The number of esters is 1. The molecule has 2 aromatic rings. The van der Waals surface area contributed by atoms with Gasteiger partial charge in [0.1, 0.15) is 17.1 Å². The first-order valence-corrected chi connectivity index (χ1v) is 7.48. The molecule has 1 amide bonds. The van der Waals surface area contributed by atoms with E-state index >= 15 is 0 Å². The monoisotopic (exact) mass is 329 g/mol. The van der Waals surface area contributed by atoms with Crippen LogP contribution in [0.1, 0.15) is 46.1 Å². The number of furan rings is 1. The van der Waals surface area contributed by atoms with Gasteiger partial charge in [0.15, 0.2) is 11.9 Å². The molecule has 0 aliphatic heterocycles. The van der Waals surface area contributed by atoms with Crippen molar-refractivity contribution in [2.75, 3.05) is 5.32 Å². The van der Waals surface area contributed by atoms with E-state index in [1.807, 2.05) is 0 Å². The quantitative estimate of drug-likeness (QED) is 0.672. The van der Waals surface area contributed by atoms with E-state index in [1.54, 1.807) is 44.2 Å². The number of hydrogen-bond donors (Lipinski definition) is 1. The van der Waals surface area contributed by atoms with Crippen LogP contribution in [0.25, 0.3) is 0 Å². The van der Waals surface area contributed by atoms with Gasteiger partial charge in [-0.1, -0.05) is 12.1 Å². The Morgan fingerprint density at radius 3 is 2.38 bits per heavy atom. The summed E-state index contributed by atoms with van der Waals surface area (Å²) in [5, 5.41) is 2.61. The maximum absolute atomic E-state index is 12.2. The molecule has 0 aliphatic rings. The van der Waals surface area contributed by atoms with Crippen LogP contribution in [0.2, 0.25) is 0 Å². The lowest BCUT2D eigenvalue weighted by Gasteiger charge is -2.14. The molecule has 1 N–H and O–H groups in total. The Hall–Kier alpha value is -2.89. The molecule has 6 nitrogen and oxygen atoms in total. The minimum Gasteiger partial charge on any atom is -0.466 e. The summed E-state index contributed by atoms with van der Waals surface area (Å²) in [4.78, 5) is 35.9. The van der Waals surface area contributed by atoms with Crippen LogP contribution in [-0.4, -0.2) is 23.8 Å². The zero-order valence-corrected chi connectivity index (χ0v) is 14.0. The molecule has 1 aromatic heterocycles. The summed E-state index contributed by atoms with van der Waals surface area (Å²) in [5.74, 6) is -0.291. The van der Waals surface area contributed by atoms with Crippen molar-refractivity contribution in [3.63, 3.8) is 0 Å². The summed E-state index contributed by atoms with van der Waals surface area (Å²) in [5.41, 5.74) is 1.07. The van der Waals surface area contributed by atoms with Crippen molar-refractivity contribution in [2.45, 2.75) is 33.8 Å². The van der Waals surface area contributed by atoms with Crippen LogP contribution in [0.15, 0.2) is 34.7 Å². The molecule has 126 valence electrons. The molecular formula is C18H19NO5. The number of benzene rings is 1. The van der Waals surface area contributed by atoms with Crippen LogP contribution < -0.4 is 5.32 Å². The molecule has 0 aliphatic carbocycles. The Balaban J connectivity index is 2.06. The third-order valence-electron chi connectivity index (χ3n) is 3.48. The highest BCUT2D eigenvalue weighted by molar-refractivity contribution is 6.05. The molecule has 0 spiro atoms. The number of nitrogens with one attached hydrogen (secondary N) is 1. The van der Waals surface area contributed by atoms with Crippen LogP contribution in [0, 0.1) is 13.8 Å². The molecule has 0 saturated carbocycles. The minimum atomic E-state index is -1.02. The largest absolute Gasteiger partial charge is 0.466 e. The van der Waals surface area contributed by atoms with Gasteiger partial charge in [0.05, 0.1) is 5.69 Å². The van der Waals surface area contributed by atoms with Gasteiger partial charge in [0.25, 0.3) is 5.91 Å². The Bertz CT molecular complexity index is 790. The van der Waals surface area contributed by atoms with Gasteiger partial charge in [-0.2, -0.15) is 0 Å². The summed E-state index contributed by atoms with van der Waals surface area (Å²) in [6, 6.07) is 8.21. The number of ketones is 1. The molecule has 0 bridgehead atoms. The number of para-hydroxylation sites is 1. The van der Waals surface area contributed by atoms with E-state index in [0.717, 1.165) is 0 Å². The maximum Gasteiger partial charge on any atom is 0.342 e. The van der Waals surface area contributed by atoms with E-state index in [1.165, 1.54) is 13.8 Å². The number of rotatable bonds is 5. The average molecular weight is 329 g/mol.